The molecule has 4 rings (SSSR count). The van der Waals surface area contributed by atoms with Gasteiger partial charge in [0.1, 0.15) is 23.6 Å². The molecule has 0 spiro atoms. The normalized spacial score (nSPS) is 11.1. The maximum atomic E-state index is 12.8. The number of phenolic OH excluding ortho intramolecular Hbond substituents is 1. The first-order valence-electron chi connectivity index (χ1n) is 9.80. The van der Waals surface area contributed by atoms with Gasteiger partial charge in [-0.2, -0.15) is 0 Å². The molecular formula is C22H22N6O3S. The molecule has 10 heteroatoms. The molecule has 4 aromatic rings. The van der Waals surface area contributed by atoms with Gasteiger partial charge in [-0.1, -0.05) is 6.07 Å². The van der Waals surface area contributed by atoms with E-state index in [0.717, 1.165) is 16.8 Å². The van der Waals surface area contributed by atoms with Crippen molar-refractivity contribution in [2.45, 2.75) is 0 Å². The van der Waals surface area contributed by atoms with Crippen LogP contribution in [0.5, 0.6) is 11.5 Å². The molecule has 0 saturated carbocycles. The minimum atomic E-state index is -0.371. The Morgan fingerprint density at radius 3 is 2.81 bits per heavy atom. The average molecular weight is 451 g/mol. The Hall–Kier alpha value is -3.76. The minimum Gasteiger partial charge on any atom is -0.508 e. The molecule has 0 aliphatic carbocycles. The summed E-state index contributed by atoms with van der Waals surface area (Å²) in [6.07, 6.45) is 1.59. The van der Waals surface area contributed by atoms with E-state index in [1.807, 2.05) is 31.1 Å². The molecule has 0 atom stereocenters. The number of carbonyl (C=O) groups is 1. The van der Waals surface area contributed by atoms with Crippen molar-refractivity contribution in [1.82, 2.24) is 19.9 Å². The number of aromatic hydroxyl groups is 1. The van der Waals surface area contributed by atoms with Crippen molar-refractivity contribution >= 4 is 39.1 Å². The quantitative estimate of drug-likeness (QED) is 0.392. The smallest absolute Gasteiger partial charge is 0.284 e. The van der Waals surface area contributed by atoms with Gasteiger partial charge in [-0.25, -0.2) is 15.0 Å². The van der Waals surface area contributed by atoms with Crippen LogP contribution < -0.4 is 15.8 Å². The van der Waals surface area contributed by atoms with Crippen LogP contribution in [0.15, 0.2) is 48.7 Å². The molecule has 9 nitrogen and oxygen atoms in total. The number of likely N-dealkylation sites (N-methyl/N-ethyl adjacent to an activating group) is 1. The van der Waals surface area contributed by atoms with E-state index in [1.54, 1.807) is 24.4 Å². The third kappa shape index (κ3) is 4.93. The van der Waals surface area contributed by atoms with Crippen LogP contribution in [0.25, 0.3) is 21.5 Å². The second-order valence-electron chi connectivity index (χ2n) is 7.30. The Labute approximate surface area is 188 Å². The molecule has 0 aliphatic rings. The van der Waals surface area contributed by atoms with Gasteiger partial charge >= 0.3 is 0 Å². The highest BCUT2D eigenvalue weighted by atomic mass is 32.1. The number of hydrogen-bond acceptors (Lipinski definition) is 9. The number of rotatable bonds is 7. The van der Waals surface area contributed by atoms with Gasteiger partial charge in [-0.05, 0) is 44.4 Å². The summed E-state index contributed by atoms with van der Waals surface area (Å²) in [6, 6.07) is 11.9. The second-order valence-corrected chi connectivity index (χ2v) is 8.33. The Kier molecular flexibility index (Phi) is 6.15. The number of nitrogens with two attached hydrogens (primary N) is 1. The van der Waals surface area contributed by atoms with Crippen molar-refractivity contribution in [3.05, 3.63) is 53.7 Å². The van der Waals surface area contributed by atoms with Crippen molar-refractivity contribution in [2.75, 3.05) is 38.3 Å². The van der Waals surface area contributed by atoms with Crippen LogP contribution in [-0.4, -0.2) is 58.1 Å². The molecule has 0 aliphatic heterocycles. The van der Waals surface area contributed by atoms with Crippen LogP contribution >= 0.6 is 11.3 Å². The first-order valence-corrected chi connectivity index (χ1v) is 10.6. The number of hydrogen-bond donors (Lipinski definition) is 3. The summed E-state index contributed by atoms with van der Waals surface area (Å²) in [5, 5.41) is 12.7. The van der Waals surface area contributed by atoms with Gasteiger partial charge < -0.3 is 25.8 Å². The predicted octanol–water partition coefficient (Wildman–Crippen LogP) is 3.23. The van der Waals surface area contributed by atoms with E-state index in [4.69, 9.17) is 10.5 Å². The topological polar surface area (TPSA) is 126 Å². The number of carbonyl (C=O) groups excluding carboxylic acids is 1. The van der Waals surface area contributed by atoms with Gasteiger partial charge in [0.2, 0.25) is 5.95 Å². The first-order chi connectivity index (χ1) is 15.4. The standard InChI is InChI=1S/C22H22N6O3S/c1-28(2)8-9-31-17-10-13(16-6-7-24-22(23)26-16)11-18-19(17)27-21(32-18)20(30)25-14-4-3-5-15(29)12-14/h3-7,10-12,29H,8-9H2,1-2H3,(H,25,30)(H2,23,24,26). The molecule has 0 fully saturated rings. The van der Waals surface area contributed by atoms with Crippen LogP contribution in [0.2, 0.25) is 0 Å². The number of nitrogens with zero attached hydrogens (tertiary/aromatic N) is 4. The molecule has 0 saturated heterocycles. The largest absolute Gasteiger partial charge is 0.508 e. The second kappa shape index (κ2) is 9.16. The summed E-state index contributed by atoms with van der Waals surface area (Å²) >= 11 is 1.25. The van der Waals surface area contributed by atoms with Crippen LogP contribution in [0.1, 0.15) is 9.80 Å². The molecule has 164 valence electrons. The Morgan fingerprint density at radius 1 is 1.22 bits per heavy atom. The summed E-state index contributed by atoms with van der Waals surface area (Å²) in [6.45, 7) is 1.18. The van der Waals surface area contributed by atoms with Crippen molar-refractivity contribution in [2.24, 2.45) is 0 Å². The summed E-state index contributed by atoms with van der Waals surface area (Å²) in [5.74, 6) is 0.429. The van der Waals surface area contributed by atoms with Crippen LogP contribution in [0, 0.1) is 0 Å². The van der Waals surface area contributed by atoms with E-state index in [1.165, 1.54) is 23.5 Å². The molecule has 2 aromatic carbocycles. The number of nitrogens with one attached hydrogen (secondary N) is 1. The van der Waals surface area contributed by atoms with E-state index >= 15 is 0 Å². The number of aromatic nitrogens is 3. The third-order valence-corrected chi connectivity index (χ3v) is 5.53. The molecule has 4 N–H and O–H groups in total. The predicted molar refractivity (Wildman–Crippen MR) is 125 cm³/mol. The molecule has 0 bridgehead atoms. The fourth-order valence-corrected chi connectivity index (χ4v) is 3.91. The molecular weight excluding hydrogens is 428 g/mol. The first kappa shape index (κ1) is 21.5. The molecule has 32 heavy (non-hydrogen) atoms. The van der Waals surface area contributed by atoms with Gasteiger partial charge in [0.25, 0.3) is 5.91 Å². The highest BCUT2D eigenvalue weighted by Crippen LogP contribution is 2.35. The molecule has 2 heterocycles. The number of phenols is 1. The van der Waals surface area contributed by atoms with Crippen molar-refractivity contribution in [1.29, 1.82) is 0 Å². The minimum absolute atomic E-state index is 0.0671. The monoisotopic (exact) mass is 450 g/mol. The summed E-state index contributed by atoms with van der Waals surface area (Å²) < 4.78 is 6.79. The van der Waals surface area contributed by atoms with E-state index in [0.29, 0.717) is 29.3 Å². The van der Waals surface area contributed by atoms with E-state index in [2.05, 4.69) is 20.3 Å². The van der Waals surface area contributed by atoms with Crippen molar-refractivity contribution in [3.63, 3.8) is 0 Å². The zero-order valence-electron chi connectivity index (χ0n) is 17.6. The third-order valence-electron chi connectivity index (χ3n) is 4.52. The van der Waals surface area contributed by atoms with E-state index < -0.39 is 0 Å². The highest BCUT2D eigenvalue weighted by molar-refractivity contribution is 7.20. The van der Waals surface area contributed by atoms with Gasteiger partial charge in [0, 0.05) is 30.1 Å². The lowest BCUT2D eigenvalue weighted by molar-refractivity contribution is 0.102. The van der Waals surface area contributed by atoms with Gasteiger partial charge in [0.05, 0.1) is 10.4 Å². The maximum Gasteiger partial charge on any atom is 0.284 e. The van der Waals surface area contributed by atoms with Gasteiger partial charge in [-0.15, -0.1) is 11.3 Å². The van der Waals surface area contributed by atoms with E-state index in [-0.39, 0.29) is 22.6 Å². The highest BCUT2D eigenvalue weighted by Gasteiger charge is 2.18. The van der Waals surface area contributed by atoms with E-state index in [9.17, 15) is 9.90 Å². The van der Waals surface area contributed by atoms with Crippen LogP contribution in [0.4, 0.5) is 11.6 Å². The number of amides is 1. The van der Waals surface area contributed by atoms with Crippen LogP contribution in [-0.2, 0) is 0 Å². The Bertz CT molecular complexity index is 1270. The Morgan fingerprint density at radius 2 is 2.06 bits per heavy atom. The maximum absolute atomic E-state index is 12.8. The summed E-state index contributed by atoms with van der Waals surface area (Å²) in [4.78, 5) is 27.6. The van der Waals surface area contributed by atoms with Crippen molar-refractivity contribution in [3.8, 4) is 22.8 Å². The molecule has 0 unspecified atom stereocenters. The number of nitrogen functional groups attached to an aromatic ring is 1. The molecule has 0 radical (unpaired) electrons. The molecule has 2 aromatic heterocycles. The fraction of sp³-hybridized carbons (Fsp3) is 0.182. The molecule has 1 amide bonds. The zero-order chi connectivity index (χ0) is 22.7. The SMILES string of the molecule is CN(C)CCOc1cc(-c2ccnc(N)n2)cc2sc(C(=O)Nc3cccc(O)c3)nc12. The van der Waals surface area contributed by atoms with Gasteiger partial charge in [-0.3, -0.25) is 4.79 Å². The lowest BCUT2D eigenvalue weighted by Crippen LogP contribution is -2.19. The number of fused-ring (bicyclic) bond motifs is 1. The average Bonchev–Trinajstić information content (AvgIpc) is 3.18. The van der Waals surface area contributed by atoms with Gasteiger partial charge in [0.15, 0.2) is 5.01 Å². The summed E-state index contributed by atoms with van der Waals surface area (Å²) in [5.41, 5.74) is 8.26. The summed E-state index contributed by atoms with van der Waals surface area (Å²) in [7, 11) is 3.93. The number of anilines is 2. The van der Waals surface area contributed by atoms with Crippen molar-refractivity contribution < 1.29 is 14.6 Å². The Balaban J connectivity index is 1.71. The lowest BCUT2D eigenvalue weighted by atomic mass is 10.1. The fourth-order valence-electron chi connectivity index (χ4n) is 2.99. The number of benzene rings is 2. The van der Waals surface area contributed by atoms with Crippen LogP contribution in [0.3, 0.4) is 0 Å². The lowest BCUT2D eigenvalue weighted by Gasteiger charge is -2.12. The number of thiazole rings is 1. The number of ether oxygens (including phenoxy) is 1. The zero-order valence-corrected chi connectivity index (χ0v) is 18.4.